The number of rotatable bonds is 17. The van der Waals surface area contributed by atoms with Gasteiger partial charge in [-0.05, 0) is 49.1 Å². The lowest BCUT2D eigenvalue weighted by Crippen LogP contribution is -2.52. The van der Waals surface area contributed by atoms with E-state index in [-0.39, 0.29) is 24.3 Å². The molecule has 39 heavy (non-hydrogen) atoms. The van der Waals surface area contributed by atoms with Gasteiger partial charge in [-0.15, -0.1) is 0 Å². The highest BCUT2D eigenvalue weighted by atomic mass is 16.6. The molecule has 0 unspecified atom stereocenters. The summed E-state index contributed by atoms with van der Waals surface area (Å²) in [6.07, 6.45) is 15.9. The summed E-state index contributed by atoms with van der Waals surface area (Å²) < 4.78 is 12.4. The Morgan fingerprint density at radius 3 is 2.21 bits per heavy atom. The molecule has 4 atom stereocenters. The van der Waals surface area contributed by atoms with E-state index in [0.717, 1.165) is 56.9 Å². The predicted molar refractivity (Wildman–Crippen MR) is 162 cm³/mol. The van der Waals surface area contributed by atoms with Crippen LogP contribution in [0.1, 0.15) is 109 Å². The van der Waals surface area contributed by atoms with Crippen molar-refractivity contribution in [3.8, 4) is 0 Å². The monoisotopic (exact) mass is 533 g/mol. The molecule has 0 spiro atoms. The molecule has 0 saturated heterocycles. The number of hydrogen-bond donors (Lipinski definition) is 0. The van der Waals surface area contributed by atoms with Gasteiger partial charge in [0.2, 0.25) is 0 Å². The first-order chi connectivity index (χ1) is 19.2. The number of hydrogen-bond acceptors (Lipinski definition) is 3. The number of benzene rings is 2. The normalized spacial score (nSPS) is 19.7. The van der Waals surface area contributed by atoms with E-state index in [1.54, 1.807) is 0 Å². The fourth-order valence-electron chi connectivity index (χ4n) is 5.70. The first-order valence-corrected chi connectivity index (χ1v) is 15.5. The van der Waals surface area contributed by atoms with Crippen LogP contribution in [0.3, 0.4) is 0 Å². The third-order valence-corrected chi connectivity index (χ3v) is 7.86. The van der Waals surface area contributed by atoms with Crippen LogP contribution in [0.4, 0.5) is 4.79 Å². The molecule has 1 aliphatic heterocycles. The van der Waals surface area contributed by atoms with Gasteiger partial charge in [-0.1, -0.05) is 132 Å². The second-order valence-corrected chi connectivity index (χ2v) is 11.0. The van der Waals surface area contributed by atoms with Gasteiger partial charge < -0.3 is 9.47 Å². The van der Waals surface area contributed by atoms with Crippen LogP contribution in [0.5, 0.6) is 0 Å². The highest BCUT2D eigenvalue weighted by Crippen LogP contribution is 2.34. The van der Waals surface area contributed by atoms with Crippen LogP contribution in [0, 0.1) is 5.92 Å². The van der Waals surface area contributed by atoms with Crippen LogP contribution in [0.2, 0.25) is 0 Å². The molecule has 1 amide bonds. The topological polar surface area (TPSA) is 38.8 Å². The molecule has 0 fully saturated rings. The molecule has 1 aliphatic rings. The van der Waals surface area contributed by atoms with Crippen LogP contribution >= 0.6 is 0 Å². The molecular formula is C35H51NO3. The summed E-state index contributed by atoms with van der Waals surface area (Å²) in [4.78, 5) is 16.2. The lowest BCUT2D eigenvalue weighted by molar-refractivity contribution is 0.0199. The van der Waals surface area contributed by atoms with E-state index in [9.17, 15) is 4.79 Å². The van der Waals surface area contributed by atoms with Crippen molar-refractivity contribution in [1.82, 2.24) is 4.90 Å². The molecule has 0 aliphatic carbocycles. The average molecular weight is 534 g/mol. The Morgan fingerprint density at radius 2 is 1.51 bits per heavy atom. The molecular weight excluding hydrogens is 482 g/mol. The van der Waals surface area contributed by atoms with E-state index in [4.69, 9.17) is 9.47 Å². The molecule has 0 N–H and O–H groups in total. The first-order valence-electron chi connectivity index (χ1n) is 15.5. The Hall–Kier alpha value is -2.59. The molecule has 3 rings (SSSR count). The van der Waals surface area contributed by atoms with Crippen LogP contribution in [0.15, 0.2) is 72.8 Å². The molecule has 0 bridgehead atoms. The Balaban J connectivity index is 1.75. The molecule has 1 heterocycles. The van der Waals surface area contributed by atoms with Gasteiger partial charge in [0.05, 0.1) is 12.6 Å². The second-order valence-electron chi connectivity index (χ2n) is 11.0. The third kappa shape index (κ3) is 10.1. The first kappa shape index (κ1) is 30.9. The summed E-state index contributed by atoms with van der Waals surface area (Å²) in [7, 11) is 0. The van der Waals surface area contributed by atoms with Crippen molar-refractivity contribution in [3.05, 3.63) is 83.9 Å². The number of ether oxygens (including phenoxy) is 2. The Morgan fingerprint density at radius 1 is 0.795 bits per heavy atom. The predicted octanol–water partition coefficient (Wildman–Crippen LogP) is 9.66. The Labute approximate surface area is 237 Å². The zero-order chi connectivity index (χ0) is 27.7. The number of carbonyl (C=O) groups excluding carboxylic acids is 1. The van der Waals surface area contributed by atoms with E-state index in [1.807, 2.05) is 24.3 Å². The Kier molecular flexibility index (Phi) is 14.2. The van der Waals surface area contributed by atoms with Crippen molar-refractivity contribution in [2.24, 2.45) is 5.92 Å². The van der Waals surface area contributed by atoms with E-state index in [1.165, 1.54) is 24.8 Å². The minimum Gasteiger partial charge on any atom is -0.441 e. The molecule has 2 aromatic rings. The van der Waals surface area contributed by atoms with Crippen molar-refractivity contribution in [2.75, 3.05) is 6.61 Å². The van der Waals surface area contributed by atoms with Gasteiger partial charge in [0.15, 0.2) is 0 Å². The van der Waals surface area contributed by atoms with Crippen LogP contribution in [-0.2, 0) is 16.1 Å². The molecule has 0 saturated carbocycles. The Bertz CT molecular complexity index is 945. The van der Waals surface area contributed by atoms with Crippen molar-refractivity contribution in [3.63, 3.8) is 0 Å². The van der Waals surface area contributed by atoms with Gasteiger partial charge in [0.25, 0.3) is 0 Å². The zero-order valence-electron chi connectivity index (χ0n) is 24.6. The molecule has 214 valence electrons. The van der Waals surface area contributed by atoms with Crippen molar-refractivity contribution in [1.29, 1.82) is 0 Å². The van der Waals surface area contributed by atoms with Crippen LogP contribution < -0.4 is 0 Å². The minimum atomic E-state index is -0.213. The van der Waals surface area contributed by atoms with Crippen molar-refractivity contribution >= 4 is 6.09 Å². The van der Waals surface area contributed by atoms with E-state index >= 15 is 0 Å². The molecule has 4 nitrogen and oxygen atoms in total. The summed E-state index contributed by atoms with van der Waals surface area (Å²) in [6, 6.07) is 20.8. The van der Waals surface area contributed by atoms with Gasteiger partial charge in [0, 0.05) is 12.6 Å². The van der Waals surface area contributed by atoms with Crippen molar-refractivity contribution < 1.29 is 14.3 Å². The van der Waals surface area contributed by atoms with Gasteiger partial charge >= 0.3 is 6.09 Å². The van der Waals surface area contributed by atoms with Crippen LogP contribution in [0.25, 0.3) is 0 Å². The summed E-state index contributed by atoms with van der Waals surface area (Å²) in [6.45, 7) is 7.96. The lowest BCUT2D eigenvalue weighted by Gasteiger charge is -2.43. The van der Waals surface area contributed by atoms with Gasteiger partial charge in [0.1, 0.15) is 6.10 Å². The van der Waals surface area contributed by atoms with E-state index in [2.05, 4.69) is 74.2 Å². The highest BCUT2D eigenvalue weighted by molar-refractivity contribution is 5.69. The number of nitrogens with zero attached hydrogens (tertiary/aromatic N) is 1. The maximum atomic E-state index is 14.0. The summed E-state index contributed by atoms with van der Waals surface area (Å²) in [5.74, 6) is 0.357. The van der Waals surface area contributed by atoms with E-state index in [0.29, 0.717) is 19.1 Å². The van der Waals surface area contributed by atoms with Crippen LogP contribution in [-0.4, -0.2) is 29.7 Å². The van der Waals surface area contributed by atoms with E-state index < -0.39 is 0 Å². The number of amides is 1. The molecule has 0 radical (unpaired) electrons. The SMILES string of the molecule is CCCCC[C@@H]1C=C[C@H](CCCC)[C@H](CCCOCc2ccccc2)N1C(=O)O[C@@H](CCC)c1ccccc1. The minimum absolute atomic E-state index is 0.0928. The number of unbranched alkanes of at least 4 members (excludes halogenated alkanes) is 3. The molecule has 2 aromatic carbocycles. The number of carbonyl (C=O) groups is 1. The summed E-state index contributed by atoms with van der Waals surface area (Å²) in [5.41, 5.74) is 2.28. The lowest BCUT2D eigenvalue weighted by atomic mass is 9.84. The quantitative estimate of drug-likeness (QED) is 0.150. The molecule has 4 heteroatoms. The summed E-state index contributed by atoms with van der Waals surface area (Å²) in [5, 5.41) is 0. The standard InChI is InChI=1S/C35H51NO3/c1-4-7-11-23-32-26-25-30(20-8-5-2)33(24-16-27-38-28-29-18-12-9-13-19-29)36(32)35(37)39-34(17-6-3)31-21-14-10-15-22-31/h9-10,12-15,18-19,21-22,25-26,30,32-34H,4-8,11,16-17,20,23-24,27-28H2,1-3H3/t30-,32+,33-,34-/m0/s1. The highest BCUT2D eigenvalue weighted by Gasteiger charge is 2.38. The maximum Gasteiger partial charge on any atom is 0.411 e. The second kappa shape index (κ2) is 17.9. The van der Waals surface area contributed by atoms with Crippen molar-refractivity contribution in [2.45, 2.75) is 116 Å². The van der Waals surface area contributed by atoms with Gasteiger partial charge in [-0.3, -0.25) is 4.90 Å². The smallest absolute Gasteiger partial charge is 0.411 e. The third-order valence-electron chi connectivity index (χ3n) is 7.86. The molecule has 0 aromatic heterocycles. The summed E-state index contributed by atoms with van der Waals surface area (Å²) >= 11 is 0. The fraction of sp³-hybridized carbons (Fsp3) is 0.571. The maximum absolute atomic E-state index is 14.0. The average Bonchev–Trinajstić information content (AvgIpc) is 2.97. The zero-order valence-corrected chi connectivity index (χ0v) is 24.6. The largest absolute Gasteiger partial charge is 0.441 e. The van der Waals surface area contributed by atoms with Gasteiger partial charge in [-0.2, -0.15) is 0 Å². The fourth-order valence-corrected chi connectivity index (χ4v) is 5.70. The van der Waals surface area contributed by atoms with Gasteiger partial charge in [-0.25, -0.2) is 4.79 Å².